The number of anilines is 1. The molecule has 0 bridgehead atoms. The van der Waals surface area contributed by atoms with Gasteiger partial charge in [0.15, 0.2) is 12.2 Å². The average Bonchev–Trinajstić information content (AvgIpc) is 3.23. The first-order chi connectivity index (χ1) is 13.8. The quantitative estimate of drug-likeness (QED) is 0.701. The maximum atomic E-state index is 13.1. The van der Waals surface area contributed by atoms with Crippen LogP contribution in [0.15, 0.2) is 23.2 Å². The summed E-state index contributed by atoms with van der Waals surface area (Å²) in [5.74, 6) is -0.316. The van der Waals surface area contributed by atoms with Crippen LogP contribution in [0, 0.1) is 13.8 Å². The van der Waals surface area contributed by atoms with E-state index in [1.807, 2.05) is 11.8 Å². The number of imide groups is 1. The molecule has 2 unspecified atom stereocenters. The topological polar surface area (TPSA) is 85.8 Å². The first-order valence-corrected chi connectivity index (χ1v) is 9.76. The Hall–Kier alpha value is -3.10. The lowest BCUT2D eigenvalue weighted by Gasteiger charge is -2.40. The van der Waals surface area contributed by atoms with Crippen LogP contribution >= 0.6 is 0 Å². The van der Waals surface area contributed by atoms with E-state index in [-0.39, 0.29) is 13.2 Å². The fourth-order valence-corrected chi connectivity index (χ4v) is 4.25. The van der Waals surface area contributed by atoms with Gasteiger partial charge in [-0.1, -0.05) is 17.7 Å². The summed E-state index contributed by atoms with van der Waals surface area (Å²) in [5, 5.41) is 0. The van der Waals surface area contributed by atoms with Crippen molar-refractivity contribution in [1.82, 2.24) is 14.7 Å². The van der Waals surface area contributed by atoms with Crippen LogP contribution in [0.3, 0.4) is 0 Å². The zero-order valence-electron chi connectivity index (χ0n) is 17.1. The highest BCUT2D eigenvalue weighted by Crippen LogP contribution is 2.34. The summed E-state index contributed by atoms with van der Waals surface area (Å²) in [5.41, 5.74) is 3.35. The second-order valence-electron chi connectivity index (χ2n) is 7.55. The molecule has 0 aromatic heterocycles. The van der Waals surface area contributed by atoms with Crippen LogP contribution < -0.4 is 4.90 Å². The number of nitrogens with zero attached hydrogens (tertiary/aromatic N) is 5. The summed E-state index contributed by atoms with van der Waals surface area (Å²) in [7, 11) is 1.61. The molecule has 2 saturated heterocycles. The molecule has 3 amide bonds. The number of carbonyl (C=O) groups is 3. The molecule has 0 radical (unpaired) electrons. The van der Waals surface area contributed by atoms with Gasteiger partial charge in [-0.2, -0.15) is 0 Å². The number of urea groups is 1. The summed E-state index contributed by atoms with van der Waals surface area (Å²) in [4.78, 5) is 48.9. The van der Waals surface area contributed by atoms with Gasteiger partial charge in [0, 0.05) is 25.8 Å². The van der Waals surface area contributed by atoms with E-state index >= 15 is 0 Å². The van der Waals surface area contributed by atoms with Gasteiger partial charge >= 0.3 is 12.0 Å². The van der Waals surface area contributed by atoms with Gasteiger partial charge in [0.25, 0.3) is 5.91 Å². The first-order valence-electron chi connectivity index (χ1n) is 9.76. The summed E-state index contributed by atoms with van der Waals surface area (Å²) in [6.45, 7) is 6.91. The van der Waals surface area contributed by atoms with Crippen molar-refractivity contribution < 1.29 is 19.1 Å². The number of ether oxygens (including phenoxy) is 1. The zero-order chi connectivity index (χ0) is 20.9. The summed E-state index contributed by atoms with van der Waals surface area (Å²) < 4.78 is 4.92. The predicted octanol–water partition coefficient (Wildman–Crippen LogP) is 0.947. The number of amides is 3. The lowest BCUT2D eigenvalue weighted by molar-refractivity contribution is -0.150. The third-order valence-corrected chi connectivity index (χ3v) is 5.61. The van der Waals surface area contributed by atoms with Gasteiger partial charge in [-0.05, 0) is 32.4 Å². The lowest BCUT2D eigenvalue weighted by atomic mass is 10.1. The number of rotatable bonds is 4. The van der Waals surface area contributed by atoms with E-state index < -0.39 is 30.1 Å². The van der Waals surface area contributed by atoms with Crippen LogP contribution in [0.4, 0.5) is 10.5 Å². The van der Waals surface area contributed by atoms with Gasteiger partial charge in [-0.3, -0.25) is 14.5 Å². The Balaban J connectivity index is 1.62. The molecule has 1 aromatic carbocycles. The van der Waals surface area contributed by atoms with E-state index in [1.54, 1.807) is 14.0 Å². The van der Waals surface area contributed by atoms with E-state index in [1.165, 1.54) is 10.5 Å². The Morgan fingerprint density at radius 3 is 2.69 bits per heavy atom. The van der Waals surface area contributed by atoms with Crippen molar-refractivity contribution in [2.45, 2.75) is 33.0 Å². The summed E-state index contributed by atoms with van der Waals surface area (Å²) in [6.07, 6.45) is -0.600. The number of aryl methyl sites for hydroxylation is 2. The zero-order valence-corrected chi connectivity index (χ0v) is 17.1. The molecule has 9 nitrogen and oxygen atoms in total. The van der Waals surface area contributed by atoms with Crippen LogP contribution in [-0.4, -0.2) is 84.1 Å². The highest BCUT2D eigenvalue weighted by atomic mass is 16.5. The van der Waals surface area contributed by atoms with Gasteiger partial charge < -0.3 is 19.4 Å². The molecule has 0 spiro atoms. The predicted molar refractivity (Wildman–Crippen MR) is 106 cm³/mol. The molecule has 4 rings (SSSR count). The molecule has 154 valence electrons. The Bertz CT molecular complexity index is 914. The Kier molecular flexibility index (Phi) is 4.68. The van der Waals surface area contributed by atoms with Gasteiger partial charge in [0.1, 0.15) is 6.54 Å². The number of fused-ring (bicyclic) bond motifs is 3. The molecular formula is C20H25N5O4. The Morgan fingerprint density at radius 1 is 1.24 bits per heavy atom. The van der Waals surface area contributed by atoms with Crippen LogP contribution in [0.2, 0.25) is 0 Å². The number of guanidine groups is 1. The number of aliphatic imine (C=N–C) groups is 1. The van der Waals surface area contributed by atoms with Crippen molar-refractivity contribution in [3.05, 3.63) is 29.3 Å². The molecule has 2 atom stereocenters. The molecule has 29 heavy (non-hydrogen) atoms. The third-order valence-electron chi connectivity index (χ3n) is 5.61. The third kappa shape index (κ3) is 3.01. The van der Waals surface area contributed by atoms with Crippen LogP contribution in [0.5, 0.6) is 0 Å². The van der Waals surface area contributed by atoms with Crippen LogP contribution in [0.1, 0.15) is 18.1 Å². The fraction of sp³-hybridized carbons (Fsp3) is 0.500. The highest BCUT2D eigenvalue weighted by Gasteiger charge is 2.55. The molecule has 0 saturated carbocycles. The second kappa shape index (κ2) is 7.06. The molecule has 2 fully saturated rings. The largest absolute Gasteiger partial charge is 0.465 e. The van der Waals surface area contributed by atoms with Crippen molar-refractivity contribution in [2.24, 2.45) is 4.99 Å². The van der Waals surface area contributed by atoms with Crippen molar-refractivity contribution in [1.29, 1.82) is 0 Å². The number of carbonyl (C=O) groups excluding carboxylic acids is 3. The lowest BCUT2D eigenvalue weighted by Crippen LogP contribution is -2.65. The molecule has 0 aliphatic carbocycles. The minimum Gasteiger partial charge on any atom is -0.465 e. The van der Waals surface area contributed by atoms with Gasteiger partial charge in [0.2, 0.25) is 5.96 Å². The maximum Gasteiger partial charge on any atom is 0.328 e. The van der Waals surface area contributed by atoms with Gasteiger partial charge in [-0.25, -0.2) is 9.79 Å². The Morgan fingerprint density at radius 2 is 2.00 bits per heavy atom. The van der Waals surface area contributed by atoms with Crippen molar-refractivity contribution in [2.75, 3.05) is 38.2 Å². The summed E-state index contributed by atoms with van der Waals surface area (Å²) >= 11 is 0. The monoisotopic (exact) mass is 399 g/mol. The molecule has 9 heteroatoms. The summed E-state index contributed by atoms with van der Waals surface area (Å²) in [6, 6.07) is 5.06. The smallest absolute Gasteiger partial charge is 0.328 e. The van der Waals surface area contributed by atoms with E-state index in [4.69, 9.17) is 9.73 Å². The minimum absolute atomic E-state index is 0.196. The SMILES string of the molecule is CCOC(=O)CN1C(=O)C2C(N=C3N(c4ccc(C)cc4C)CCN32)N(C)C1=O. The number of hydrogen-bond acceptors (Lipinski definition) is 7. The van der Waals surface area contributed by atoms with Gasteiger partial charge in [-0.15, -0.1) is 0 Å². The highest BCUT2D eigenvalue weighted by molar-refractivity contribution is 6.09. The van der Waals surface area contributed by atoms with Crippen molar-refractivity contribution >= 4 is 29.6 Å². The van der Waals surface area contributed by atoms with Crippen molar-refractivity contribution in [3.63, 3.8) is 0 Å². The molecule has 3 aliphatic heterocycles. The van der Waals surface area contributed by atoms with E-state index in [0.717, 1.165) is 16.2 Å². The van der Waals surface area contributed by atoms with E-state index in [2.05, 4.69) is 30.0 Å². The number of likely N-dealkylation sites (N-methyl/N-ethyl adjacent to an activating group) is 1. The van der Waals surface area contributed by atoms with Crippen LogP contribution in [-0.2, 0) is 14.3 Å². The van der Waals surface area contributed by atoms with Gasteiger partial charge in [0.05, 0.1) is 6.61 Å². The normalized spacial score (nSPS) is 23.4. The van der Waals surface area contributed by atoms with Crippen molar-refractivity contribution in [3.8, 4) is 0 Å². The molecule has 0 N–H and O–H groups in total. The maximum absolute atomic E-state index is 13.1. The molecule has 3 heterocycles. The average molecular weight is 399 g/mol. The Labute approximate surface area is 169 Å². The molecular weight excluding hydrogens is 374 g/mol. The van der Waals surface area contributed by atoms with E-state index in [9.17, 15) is 14.4 Å². The van der Waals surface area contributed by atoms with E-state index in [0.29, 0.717) is 19.0 Å². The minimum atomic E-state index is -0.627. The fourth-order valence-electron chi connectivity index (χ4n) is 4.25. The standard InChI is InChI=1S/C20H25N5O4/c1-5-29-15(26)11-25-18(27)16-17(22(4)20(25)28)21-19-23(8-9-24(16)19)14-7-6-12(2)10-13(14)3/h6-7,10,16-17H,5,8-9,11H2,1-4H3. The molecule has 1 aromatic rings. The first kappa shape index (κ1) is 19.2. The number of benzene rings is 1. The van der Waals surface area contributed by atoms with Crippen LogP contribution in [0.25, 0.3) is 0 Å². The second-order valence-corrected chi connectivity index (χ2v) is 7.55. The number of esters is 1. The molecule has 3 aliphatic rings. The number of hydrogen-bond donors (Lipinski definition) is 0.